The number of carbonyl (C=O) groups excluding carboxylic acids is 1. The van der Waals surface area contributed by atoms with Gasteiger partial charge in [0.2, 0.25) is 5.88 Å². The van der Waals surface area contributed by atoms with E-state index in [1.54, 1.807) is 12.1 Å². The molecule has 0 bridgehead atoms. The van der Waals surface area contributed by atoms with E-state index in [2.05, 4.69) is 23.3 Å². The molecule has 1 heterocycles. The van der Waals surface area contributed by atoms with Crippen molar-refractivity contribution in [1.82, 2.24) is 10.3 Å². The summed E-state index contributed by atoms with van der Waals surface area (Å²) in [6.45, 7) is 4.10. The second-order valence-corrected chi connectivity index (χ2v) is 6.40. The van der Waals surface area contributed by atoms with Crippen LogP contribution in [0, 0.1) is 24.2 Å². The van der Waals surface area contributed by atoms with E-state index in [1.807, 2.05) is 13.0 Å². The predicted octanol–water partition coefficient (Wildman–Crippen LogP) is 4.02. The summed E-state index contributed by atoms with van der Waals surface area (Å²) in [6, 6.07) is 7.70. The lowest BCUT2D eigenvalue weighted by atomic mass is 9.86. The van der Waals surface area contributed by atoms with Gasteiger partial charge in [-0.1, -0.05) is 19.8 Å². The molecule has 23 heavy (non-hydrogen) atoms. The van der Waals surface area contributed by atoms with Gasteiger partial charge in [-0.3, -0.25) is 0 Å². The Hall–Kier alpha value is -2.48. The minimum Gasteiger partial charge on any atom is -0.393 e. The maximum atomic E-state index is 12.1. The topological polar surface area (TPSA) is 77.9 Å². The fourth-order valence-corrected chi connectivity index (χ4v) is 3.32. The number of aromatic amines is 1. The standard InChI is InChI=1S/C18H21N3O2/c1-11-5-3-4-6-15(11)21-18(22)23-17-9-14-12(2)7-13(10-19)8-16(14)20-17/h7-9,11,15,20H,3-6H2,1-2H3,(H,21,22)/t11-,15+/m0/s1. The molecule has 0 spiro atoms. The number of H-pyrrole nitrogens is 1. The minimum atomic E-state index is -0.423. The van der Waals surface area contributed by atoms with Gasteiger partial charge in [-0.15, -0.1) is 0 Å². The van der Waals surface area contributed by atoms with Crippen LogP contribution in [0.3, 0.4) is 0 Å². The number of ether oxygens (including phenoxy) is 1. The van der Waals surface area contributed by atoms with Crippen molar-refractivity contribution in [2.24, 2.45) is 5.92 Å². The number of rotatable bonds is 2. The zero-order chi connectivity index (χ0) is 16.4. The number of nitriles is 1. The quantitative estimate of drug-likeness (QED) is 0.879. The van der Waals surface area contributed by atoms with Gasteiger partial charge in [-0.2, -0.15) is 5.26 Å². The Morgan fingerprint density at radius 2 is 2.13 bits per heavy atom. The summed E-state index contributed by atoms with van der Waals surface area (Å²) in [5, 5.41) is 12.9. The second-order valence-electron chi connectivity index (χ2n) is 6.40. The molecule has 0 aliphatic heterocycles. The van der Waals surface area contributed by atoms with Crippen LogP contribution in [0.1, 0.15) is 43.7 Å². The smallest absolute Gasteiger partial charge is 0.393 e. The van der Waals surface area contributed by atoms with Gasteiger partial charge in [-0.05, 0) is 43.4 Å². The van der Waals surface area contributed by atoms with Crippen LogP contribution in [0.4, 0.5) is 4.79 Å². The van der Waals surface area contributed by atoms with Crippen LogP contribution in [0.25, 0.3) is 10.9 Å². The number of benzene rings is 1. The summed E-state index contributed by atoms with van der Waals surface area (Å²) >= 11 is 0. The SMILES string of the molecule is Cc1cc(C#N)cc2[nH]c(OC(=O)N[C@@H]3CCCC[C@@H]3C)cc12. The van der Waals surface area contributed by atoms with E-state index in [9.17, 15) is 4.79 Å². The normalized spacial score (nSPS) is 20.9. The number of aromatic nitrogens is 1. The number of carbonyl (C=O) groups is 1. The molecule has 5 heteroatoms. The minimum absolute atomic E-state index is 0.188. The molecule has 1 aliphatic rings. The lowest BCUT2D eigenvalue weighted by Crippen LogP contribution is -2.42. The Morgan fingerprint density at radius 3 is 2.87 bits per heavy atom. The number of fused-ring (bicyclic) bond motifs is 1. The van der Waals surface area contributed by atoms with E-state index in [0.29, 0.717) is 17.4 Å². The van der Waals surface area contributed by atoms with E-state index < -0.39 is 6.09 Å². The first-order valence-electron chi connectivity index (χ1n) is 8.08. The van der Waals surface area contributed by atoms with Crippen molar-refractivity contribution in [3.8, 4) is 11.9 Å². The summed E-state index contributed by atoms with van der Waals surface area (Å²) < 4.78 is 5.39. The third kappa shape index (κ3) is 3.31. The highest BCUT2D eigenvalue weighted by Crippen LogP contribution is 2.26. The van der Waals surface area contributed by atoms with Gasteiger partial charge in [0.25, 0.3) is 0 Å². The molecule has 1 fully saturated rings. The molecule has 1 saturated carbocycles. The predicted molar refractivity (Wildman–Crippen MR) is 88.3 cm³/mol. The maximum absolute atomic E-state index is 12.1. The van der Waals surface area contributed by atoms with E-state index in [-0.39, 0.29) is 6.04 Å². The average Bonchev–Trinajstić information content (AvgIpc) is 2.92. The Kier molecular flexibility index (Phi) is 4.24. The lowest BCUT2D eigenvalue weighted by Gasteiger charge is -2.28. The van der Waals surface area contributed by atoms with Crippen molar-refractivity contribution < 1.29 is 9.53 Å². The Bertz CT molecular complexity index is 772. The molecule has 0 saturated heterocycles. The van der Waals surface area contributed by atoms with Crippen LogP contribution in [0.15, 0.2) is 18.2 Å². The monoisotopic (exact) mass is 311 g/mol. The van der Waals surface area contributed by atoms with E-state index in [0.717, 1.165) is 35.7 Å². The first-order chi connectivity index (χ1) is 11.1. The fourth-order valence-electron chi connectivity index (χ4n) is 3.32. The molecule has 120 valence electrons. The number of amides is 1. The third-order valence-electron chi connectivity index (χ3n) is 4.67. The highest BCUT2D eigenvalue weighted by Gasteiger charge is 2.23. The zero-order valence-electron chi connectivity index (χ0n) is 13.5. The van der Waals surface area contributed by atoms with Gasteiger partial charge >= 0.3 is 6.09 Å². The van der Waals surface area contributed by atoms with Crippen molar-refractivity contribution in [2.75, 3.05) is 0 Å². The van der Waals surface area contributed by atoms with Crippen LogP contribution >= 0.6 is 0 Å². The van der Waals surface area contributed by atoms with Crippen LogP contribution in [0.5, 0.6) is 5.88 Å². The molecular weight excluding hydrogens is 290 g/mol. The first-order valence-corrected chi connectivity index (χ1v) is 8.08. The number of aryl methyl sites for hydroxylation is 1. The van der Waals surface area contributed by atoms with Gasteiger partial charge in [0, 0.05) is 23.0 Å². The number of nitrogens with one attached hydrogen (secondary N) is 2. The Balaban J connectivity index is 1.72. The third-order valence-corrected chi connectivity index (χ3v) is 4.67. The van der Waals surface area contributed by atoms with Gasteiger partial charge in [0.1, 0.15) is 0 Å². The van der Waals surface area contributed by atoms with Crippen LogP contribution in [0.2, 0.25) is 0 Å². The Morgan fingerprint density at radius 1 is 1.35 bits per heavy atom. The summed E-state index contributed by atoms with van der Waals surface area (Å²) in [4.78, 5) is 15.2. The molecule has 1 aromatic heterocycles. The van der Waals surface area contributed by atoms with Gasteiger partial charge < -0.3 is 15.0 Å². The molecule has 2 atom stereocenters. The summed E-state index contributed by atoms with van der Waals surface area (Å²) in [6.07, 6.45) is 4.11. The lowest BCUT2D eigenvalue weighted by molar-refractivity contribution is 0.182. The number of nitrogens with zero attached hydrogens (tertiary/aromatic N) is 1. The van der Waals surface area contributed by atoms with Crippen molar-refractivity contribution in [3.63, 3.8) is 0 Å². The van der Waals surface area contributed by atoms with Crippen LogP contribution in [-0.2, 0) is 0 Å². The molecule has 0 radical (unpaired) electrons. The molecular formula is C18H21N3O2. The van der Waals surface area contributed by atoms with E-state index in [4.69, 9.17) is 10.00 Å². The zero-order valence-corrected chi connectivity index (χ0v) is 13.5. The van der Waals surface area contributed by atoms with Gasteiger partial charge in [0.15, 0.2) is 0 Å². The molecule has 0 unspecified atom stereocenters. The Labute approximate surface area is 135 Å². The van der Waals surface area contributed by atoms with Crippen molar-refractivity contribution >= 4 is 17.0 Å². The molecule has 1 aromatic carbocycles. The van der Waals surface area contributed by atoms with Gasteiger partial charge in [0.05, 0.1) is 11.6 Å². The van der Waals surface area contributed by atoms with Crippen molar-refractivity contribution in [3.05, 3.63) is 29.3 Å². The molecule has 1 aliphatic carbocycles. The molecule has 2 aromatic rings. The largest absolute Gasteiger partial charge is 0.414 e. The summed E-state index contributed by atoms with van der Waals surface area (Å²) in [5.41, 5.74) is 2.37. The second kappa shape index (κ2) is 6.33. The summed E-state index contributed by atoms with van der Waals surface area (Å²) in [5.74, 6) is 0.888. The van der Waals surface area contributed by atoms with Gasteiger partial charge in [-0.25, -0.2) is 4.79 Å². The van der Waals surface area contributed by atoms with Crippen molar-refractivity contribution in [2.45, 2.75) is 45.6 Å². The summed E-state index contributed by atoms with van der Waals surface area (Å²) in [7, 11) is 0. The van der Waals surface area contributed by atoms with Crippen LogP contribution in [-0.4, -0.2) is 17.1 Å². The van der Waals surface area contributed by atoms with E-state index in [1.165, 1.54) is 6.42 Å². The number of hydrogen-bond donors (Lipinski definition) is 2. The molecule has 3 rings (SSSR count). The highest BCUT2D eigenvalue weighted by molar-refractivity contribution is 5.86. The average molecular weight is 311 g/mol. The molecule has 2 N–H and O–H groups in total. The van der Waals surface area contributed by atoms with E-state index >= 15 is 0 Å². The highest BCUT2D eigenvalue weighted by atomic mass is 16.6. The maximum Gasteiger partial charge on any atom is 0.414 e. The molecule has 1 amide bonds. The fraction of sp³-hybridized carbons (Fsp3) is 0.444. The first kappa shape index (κ1) is 15.4. The number of hydrogen-bond acceptors (Lipinski definition) is 3. The molecule has 5 nitrogen and oxygen atoms in total. The van der Waals surface area contributed by atoms with Crippen molar-refractivity contribution in [1.29, 1.82) is 5.26 Å². The van der Waals surface area contributed by atoms with Crippen LogP contribution < -0.4 is 10.1 Å².